The van der Waals surface area contributed by atoms with Crippen LogP contribution in [0.1, 0.15) is 45.5 Å². The highest BCUT2D eigenvalue weighted by Gasteiger charge is 2.54. The molecule has 4 rings (SSSR count). The zero-order valence-electron chi connectivity index (χ0n) is 17.0. The molecule has 4 nitrogen and oxygen atoms in total. The molecule has 1 N–H and O–H groups in total. The smallest absolute Gasteiger partial charge is 0.466 e. The number of benzene rings is 3. The molecular formula is C23H24BClO4. The van der Waals surface area contributed by atoms with Crippen LogP contribution in [-0.4, -0.2) is 29.4 Å². The number of halogens is 1. The van der Waals surface area contributed by atoms with Crippen LogP contribution >= 0.6 is 11.6 Å². The zero-order valence-corrected chi connectivity index (χ0v) is 17.8. The first-order valence-electron chi connectivity index (χ1n) is 9.78. The lowest BCUT2D eigenvalue weighted by atomic mass is 9.64. The highest BCUT2D eigenvalue weighted by Crippen LogP contribution is 2.46. The molecule has 0 bridgehead atoms. The van der Waals surface area contributed by atoms with Gasteiger partial charge in [-0.2, -0.15) is 0 Å². The molecule has 3 aromatic carbocycles. The standard InChI is InChI=1S/C23H24BClO4/c1-22(2)23(3,4)29-24(28-22)18(13-19(26)27)20-14-9-5-7-11-16(14)21(25)17-12-8-6-10-15(17)20/h5-12,18H,13H2,1-4H3,(H,26,27). The van der Waals surface area contributed by atoms with Gasteiger partial charge in [0.1, 0.15) is 0 Å². The van der Waals surface area contributed by atoms with Crippen molar-refractivity contribution in [3.8, 4) is 0 Å². The third-order valence-corrected chi connectivity index (χ3v) is 6.68. The van der Waals surface area contributed by atoms with Crippen molar-refractivity contribution in [2.75, 3.05) is 0 Å². The third kappa shape index (κ3) is 3.31. The number of carboxylic acid groups (broad SMARTS) is 1. The average Bonchev–Trinajstić information content (AvgIpc) is 2.88. The summed E-state index contributed by atoms with van der Waals surface area (Å²) in [6.45, 7) is 7.90. The predicted octanol–water partition coefficient (Wildman–Crippen LogP) is 5.84. The fourth-order valence-corrected chi connectivity index (χ4v) is 4.41. The molecule has 29 heavy (non-hydrogen) atoms. The van der Waals surface area contributed by atoms with Crippen molar-refractivity contribution in [3.05, 3.63) is 59.1 Å². The van der Waals surface area contributed by atoms with Crippen molar-refractivity contribution >= 4 is 46.2 Å². The summed E-state index contributed by atoms with van der Waals surface area (Å²) in [5.41, 5.74) is -0.194. The average molecular weight is 411 g/mol. The summed E-state index contributed by atoms with van der Waals surface area (Å²) in [6.07, 6.45) is -0.105. The predicted molar refractivity (Wildman–Crippen MR) is 118 cm³/mol. The molecule has 0 radical (unpaired) electrons. The van der Waals surface area contributed by atoms with Gasteiger partial charge in [-0.05, 0) is 44.0 Å². The highest BCUT2D eigenvalue weighted by atomic mass is 35.5. The van der Waals surface area contributed by atoms with Crippen LogP contribution in [0.15, 0.2) is 48.5 Å². The Kier molecular flexibility index (Phi) is 4.89. The van der Waals surface area contributed by atoms with Crippen molar-refractivity contribution in [2.24, 2.45) is 0 Å². The first-order valence-corrected chi connectivity index (χ1v) is 10.2. The first kappa shape index (κ1) is 20.2. The van der Waals surface area contributed by atoms with Crippen molar-refractivity contribution < 1.29 is 19.2 Å². The van der Waals surface area contributed by atoms with Crippen LogP contribution in [0.25, 0.3) is 21.5 Å². The van der Waals surface area contributed by atoms with Gasteiger partial charge in [0.2, 0.25) is 0 Å². The Morgan fingerprint density at radius 2 is 1.34 bits per heavy atom. The minimum Gasteiger partial charge on any atom is -0.481 e. The Morgan fingerprint density at radius 3 is 1.76 bits per heavy atom. The van der Waals surface area contributed by atoms with Gasteiger partial charge in [0.15, 0.2) is 0 Å². The third-order valence-electron chi connectivity index (χ3n) is 6.27. The van der Waals surface area contributed by atoms with E-state index in [1.54, 1.807) is 0 Å². The Labute approximate surface area is 175 Å². The summed E-state index contributed by atoms with van der Waals surface area (Å²) in [4.78, 5) is 11.9. The molecule has 1 unspecified atom stereocenters. The lowest BCUT2D eigenvalue weighted by Gasteiger charge is -2.32. The second kappa shape index (κ2) is 7.01. The normalized spacial score (nSPS) is 19.0. The van der Waals surface area contributed by atoms with E-state index in [-0.39, 0.29) is 6.42 Å². The van der Waals surface area contributed by atoms with Crippen LogP contribution in [0.4, 0.5) is 0 Å². The Morgan fingerprint density at radius 1 is 0.931 bits per heavy atom. The second-order valence-corrected chi connectivity index (χ2v) is 9.03. The van der Waals surface area contributed by atoms with Crippen LogP contribution in [0, 0.1) is 0 Å². The van der Waals surface area contributed by atoms with Gasteiger partial charge < -0.3 is 14.4 Å². The van der Waals surface area contributed by atoms with E-state index in [0.717, 1.165) is 27.1 Å². The van der Waals surface area contributed by atoms with Crippen molar-refractivity contribution in [2.45, 2.75) is 51.1 Å². The van der Waals surface area contributed by atoms with E-state index in [4.69, 9.17) is 20.9 Å². The lowest BCUT2D eigenvalue weighted by Crippen LogP contribution is -2.41. The maximum atomic E-state index is 11.9. The van der Waals surface area contributed by atoms with Gasteiger partial charge in [-0.1, -0.05) is 60.1 Å². The van der Waals surface area contributed by atoms with E-state index in [1.165, 1.54) is 0 Å². The number of hydrogen-bond acceptors (Lipinski definition) is 3. The zero-order chi connectivity index (χ0) is 21.0. The van der Waals surface area contributed by atoms with Crippen LogP contribution in [0.3, 0.4) is 0 Å². The highest BCUT2D eigenvalue weighted by molar-refractivity contribution is 6.49. The topological polar surface area (TPSA) is 55.8 Å². The van der Waals surface area contributed by atoms with E-state index < -0.39 is 30.1 Å². The number of carboxylic acids is 1. The minimum absolute atomic E-state index is 0.105. The molecule has 6 heteroatoms. The van der Waals surface area contributed by atoms with Crippen LogP contribution in [0.2, 0.25) is 5.02 Å². The van der Waals surface area contributed by atoms with Gasteiger partial charge in [0.05, 0.1) is 22.6 Å². The van der Waals surface area contributed by atoms with Gasteiger partial charge in [-0.15, -0.1) is 0 Å². The number of rotatable bonds is 4. The maximum Gasteiger partial charge on any atom is 0.466 e. The summed E-state index contributed by atoms with van der Waals surface area (Å²) < 4.78 is 12.6. The summed E-state index contributed by atoms with van der Waals surface area (Å²) in [7, 11) is -0.677. The molecule has 1 fully saturated rings. The van der Waals surface area contributed by atoms with Crippen molar-refractivity contribution in [1.82, 2.24) is 0 Å². The molecule has 0 saturated carbocycles. The van der Waals surface area contributed by atoms with E-state index in [9.17, 15) is 9.90 Å². The molecule has 1 saturated heterocycles. The van der Waals surface area contributed by atoms with Gasteiger partial charge in [0, 0.05) is 16.6 Å². The van der Waals surface area contributed by atoms with E-state index >= 15 is 0 Å². The molecule has 1 aliphatic rings. The summed E-state index contributed by atoms with van der Waals surface area (Å²) in [5.74, 6) is -1.38. The fraction of sp³-hybridized carbons (Fsp3) is 0.348. The molecule has 3 aromatic rings. The maximum absolute atomic E-state index is 11.9. The van der Waals surface area contributed by atoms with Crippen LogP contribution in [-0.2, 0) is 14.1 Å². The lowest BCUT2D eigenvalue weighted by molar-refractivity contribution is -0.137. The molecule has 0 spiro atoms. The van der Waals surface area contributed by atoms with Gasteiger partial charge in [-0.25, -0.2) is 0 Å². The summed E-state index contributed by atoms with van der Waals surface area (Å²) in [5, 5.41) is 14.0. The van der Waals surface area contributed by atoms with Crippen molar-refractivity contribution in [3.63, 3.8) is 0 Å². The van der Waals surface area contributed by atoms with E-state index in [1.807, 2.05) is 76.2 Å². The summed E-state index contributed by atoms with van der Waals surface area (Å²) >= 11 is 6.73. The Bertz CT molecular complexity index is 1040. The first-order chi connectivity index (χ1) is 13.6. The van der Waals surface area contributed by atoms with Crippen LogP contribution < -0.4 is 0 Å². The molecule has 0 aromatic heterocycles. The SMILES string of the molecule is CC1(C)OB(C(CC(=O)O)c2c3ccccc3c(Cl)c3ccccc23)OC1(C)C. The number of aliphatic carboxylic acids is 1. The molecule has 1 aliphatic heterocycles. The summed E-state index contributed by atoms with van der Waals surface area (Å²) in [6, 6.07) is 15.7. The largest absolute Gasteiger partial charge is 0.481 e. The van der Waals surface area contributed by atoms with E-state index in [0.29, 0.717) is 5.02 Å². The number of fused-ring (bicyclic) bond motifs is 2. The van der Waals surface area contributed by atoms with Gasteiger partial charge >= 0.3 is 13.1 Å². The molecule has 1 atom stereocenters. The second-order valence-electron chi connectivity index (χ2n) is 8.65. The minimum atomic E-state index is -0.896. The Hall–Kier alpha value is -2.08. The fourth-order valence-electron chi connectivity index (χ4n) is 4.08. The molecule has 150 valence electrons. The molecule has 0 amide bonds. The number of carbonyl (C=O) groups is 1. The quantitative estimate of drug-likeness (QED) is 0.434. The molecule has 1 heterocycles. The monoisotopic (exact) mass is 410 g/mol. The van der Waals surface area contributed by atoms with Gasteiger partial charge in [0.25, 0.3) is 0 Å². The molecular weight excluding hydrogens is 387 g/mol. The molecule has 0 aliphatic carbocycles. The van der Waals surface area contributed by atoms with Crippen LogP contribution in [0.5, 0.6) is 0 Å². The van der Waals surface area contributed by atoms with Crippen molar-refractivity contribution in [1.29, 1.82) is 0 Å². The Balaban J connectivity index is 2.00. The number of hydrogen-bond donors (Lipinski definition) is 1. The van der Waals surface area contributed by atoms with E-state index in [2.05, 4.69) is 0 Å². The van der Waals surface area contributed by atoms with Gasteiger partial charge in [-0.3, -0.25) is 4.79 Å².